The third kappa shape index (κ3) is 4.31. The van der Waals surface area contributed by atoms with Gasteiger partial charge in [-0.25, -0.2) is 0 Å². The number of nitrogens with zero attached hydrogens (tertiary/aromatic N) is 1. The Morgan fingerprint density at radius 1 is 1.69 bits per heavy atom. The maximum Gasteiger partial charge on any atom is 0.0893 e. The molecule has 0 aromatic heterocycles. The van der Waals surface area contributed by atoms with Crippen LogP contribution in [-0.2, 0) is 4.74 Å². The van der Waals surface area contributed by atoms with E-state index in [0.29, 0.717) is 18.5 Å². The number of likely N-dealkylation sites (tertiary alicyclic amines) is 1. The first-order chi connectivity index (χ1) is 6.22. The summed E-state index contributed by atoms with van der Waals surface area (Å²) in [7, 11) is 2.12. The third-order valence-electron chi connectivity index (χ3n) is 2.50. The van der Waals surface area contributed by atoms with Crippen LogP contribution in [0, 0.1) is 5.92 Å². The Hall–Kier alpha value is 0.230. The Labute approximate surface area is 85.5 Å². The van der Waals surface area contributed by atoms with Crippen molar-refractivity contribution in [2.24, 2.45) is 5.92 Å². The zero-order chi connectivity index (χ0) is 9.68. The molecule has 1 rings (SSSR count). The van der Waals surface area contributed by atoms with Crippen molar-refractivity contribution >= 4 is 12.6 Å². The molecule has 4 heteroatoms. The van der Waals surface area contributed by atoms with E-state index in [4.69, 9.17) is 4.74 Å². The number of hydrogen-bond donors (Lipinski definition) is 2. The predicted octanol–water partition coefficient (Wildman–Crippen LogP) is 0.593. The number of aliphatic hydroxyl groups excluding tert-OH is 1. The van der Waals surface area contributed by atoms with Crippen molar-refractivity contribution in [3.63, 3.8) is 0 Å². The van der Waals surface area contributed by atoms with Crippen molar-refractivity contribution in [2.45, 2.75) is 18.9 Å². The van der Waals surface area contributed by atoms with Gasteiger partial charge in [-0.2, -0.15) is 12.6 Å². The van der Waals surface area contributed by atoms with Gasteiger partial charge >= 0.3 is 0 Å². The molecule has 1 fully saturated rings. The maximum absolute atomic E-state index is 9.55. The van der Waals surface area contributed by atoms with Gasteiger partial charge in [-0.1, -0.05) is 0 Å². The molecule has 0 aliphatic carbocycles. The van der Waals surface area contributed by atoms with Crippen molar-refractivity contribution in [1.82, 2.24) is 4.90 Å². The number of hydrogen-bond acceptors (Lipinski definition) is 4. The van der Waals surface area contributed by atoms with Crippen LogP contribution < -0.4 is 0 Å². The van der Waals surface area contributed by atoms with Crippen molar-refractivity contribution < 1.29 is 9.84 Å². The molecule has 1 heterocycles. The van der Waals surface area contributed by atoms with Crippen LogP contribution in [0.2, 0.25) is 0 Å². The fourth-order valence-electron chi connectivity index (χ4n) is 1.86. The van der Waals surface area contributed by atoms with Gasteiger partial charge in [0.05, 0.1) is 18.6 Å². The van der Waals surface area contributed by atoms with Crippen molar-refractivity contribution in [3.05, 3.63) is 0 Å². The molecule has 0 saturated carbocycles. The quantitative estimate of drug-likeness (QED) is 0.509. The van der Waals surface area contributed by atoms with Crippen LogP contribution in [0.25, 0.3) is 0 Å². The first kappa shape index (κ1) is 11.3. The molecule has 1 saturated heterocycles. The molecule has 3 nitrogen and oxygen atoms in total. The van der Waals surface area contributed by atoms with Crippen LogP contribution in [0.1, 0.15) is 12.8 Å². The van der Waals surface area contributed by atoms with Gasteiger partial charge in [0.1, 0.15) is 0 Å². The van der Waals surface area contributed by atoms with Crippen LogP contribution in [0.4, 0.5) is 0 Å². The molecule has 1 aliphatic heterocycles. The summed E-state index contributed by atoms with van der Waals surface area (Å²) in [6.45, 7) is 2.69. The number of thiol groups is 1. The highest BCUT2D eigenvalue weighted by atomic mass is 32.1. The summed E-state index contributed by atoms with van der Waals surface area (Å²) in [5.41, 5.74) is 0. The fraction of sp³-hybridized carbons (Fsp3) is 1.00. The first-order valence-electron chi connectivity index (χ1n) is 4.77. The second-order valence-corrected chi connectivity index (χ2v) is 4.06. The molecular weight excluding hydrogens is 186 g/mol. The minimum atomic E-state index is -0.316. The van der Waals surface area contributed by atoms with Gasteiger partial charge < -0.3 is 14.7 Å². The minimum absolute atomic E-state index is 0.316. The smallest absolute Gasteiger partial charge is 0.0893 e. The Morgan fingerprint density at radius 3 is 3.00 bits per heavy atom. The molecule has 13 heavy (non-hydrogen) atoms. The number of ether oxygens (including phenoxy) is 1. The number of aliphatic hydroxyl groups is 1. The Kier molecular flexibility index (Phi) is 5.09. The van der Waals surface area contributed by atoms with Crippen LogP contribution in [-0.4, -0.2) is 48.8 Å². The SMILES string of the molecule is CN1CCC(CC(O)COCS)C1. The van der Waals surface area contributed by atoms with Crippen LogP contribution in [0.15, 0.2) is 0 Å². The van der Waals surface area contributed by atoms with Crippen LogP contribution in [0.5, 0.6) is 0 Å². The largest absolute Gasteiger partial charge is 0.391 e. The molecule has 78 valence electrons. The lowest BCUT2D eigenvalue weighted by atomic mass is 10.0. The predicted molar refractivity (Wildman–Crippen MR) is 56.0 cm³/mol. The van der Waals surface area contributed by atoms with E-state index in [1.807, 2.05) is 0 Å². The van der Waals surface area contributed by atoms with Crippen LogP contribution in [0.3, 0.4) is 0 Å². The van der Waals surface area contributed by atoms with Crippen LogP contribution >= 0.6 is 12.6 Å². The molecule has 0 aromatic carbocycles. The summed E-state index contributed by atoms with van der Waals surface area (Å²) in [6.07, 6.45) is 1.75. The van der Waals surface area contributed by atoms with E-state index in [0.717, 1.165) is 19.5 Å². The average molecular weight is 205 g/mol. The molecule has 1 N–H and O–H groups in total. The zero-order valence-corrected chi connectivity index (χ0v) is 9.04. The molecular formula is C9H19NO2S. The maximum atomic E-state index is 9.55. The highest BCUT2D eigenvalue weighted by Gasteiger charge is 2.21. The number of rotatable bonds is 5. The lowest BCUT2D eigenvalue weighted by molar-refractivity contribution is 0.0438. The van der Waals surface area contributed by atoms with Crippen molar-refractivity contribution in [2.75, 3.05) is 32.7 Å². The lowest BCUT2D eigenvalue weighted by Crippen LogP contribution is -2.21. The Bertz CT molecular complexity index is 146. The molecule has 0 spiro atoms. The van der Waals surface area contributed by atoms with Crippen molar-refractivity contribution in [3.8, 4) is 0 Å². The molecule has 0 amide bonds. The molecule has 0 bridgehead atoms. The highest BCUT2D eigenvalue weighted by Crippen LogP contribution is 2.19. The van der Waals surface area contributed by atoms with E-state index in [9.17, 15) is 5.11 Å². The Morgan fingerprint density at radius 2 is 2.46 bits per heavy atom. The molecule has 2 atom stereocenters. The average Bonchev–Trinajstić information content (AvgIpc) is 2.48. The van der Waals surface area contributed by atoms with E-state index in [1.54, 1.807) is 0 Å². The van der Waals surface area contributed by atoms with Gasteiger partial charge in [-0.3, -0.25) is 0 Å². The lowest BCUT2D eigenvalue weighted by Gasteiger charge is -2.15. The van der Waals surface area contributed by atoms with E-state index < -0.39 is 0 Å². The summed E-state index contributed by atoms with van der Waals surface area (Å²) in [4.78, 5) is 2.30. The highest BCUT2D eigenvalue weighted by molar-refractivity contribution is 7.80. The van der Waals surface area contributed by atoms with Crippen molar-refractivity contribution in [1.29, 1.82) is 0 Å². The Balaban J connectivity index is 2.09. The van der Waals surface area contributed by atoms with E-state index >= 15 is 0 Å². The topological polar surface area (TPSA) is 32.7 Å². The molecule has 0 radical (unpaired) electrons. The zero-order valence-electron chi connectivity index (χ0n) is 8.15. The van der Waals surface area contributed by atoms with Gasteiger partial charge in [0.25, 0.3) is 0 Å². The summed E-state index contributed by atoms with van der Waals surface area (Å²) in [5, 5.41) is 9.55. The van der Waals surface area contributed by atoms with E-state index in [-0.39, 0.29) is 6.10 Å². The fourth-order valence-corrected chi connectivity index (χ4v) is 1.97. The standard InChI is InChI=1S/C9H19NO2S/c1-10-3-2-8(5-10)4-9(11)6-12-7-13/h8-9,11,13H,2-7H2,1H3. The molecule has 2 unspecified atom stereocenters. The molecule has 1 aliphatic rings. The second kappa shape index (κ2) is 5.86. The summed E-state index contributed by atoms with van der Waals surface area (Å²) in [5.74, 6) is 1.03. The normalized spacial score (nSPS) is 26.5. The first-order valence-corrected chi connectivity index (χ1v) is 5.41. The second-order valence-electron chi connectivity index (χ2n) is 3.81. The minimum Gasteiger partial charge on any atom is -0.391 e. The summed E-state index contributed by atoms with van der Waals surface area (Å²) >= 11 is 3.92. The van der Waals surface area contributed by atoms with Gasteiger partial charge in [-0.05, 0) is 32.4 Å². The van der Waals surface area contributed by atoms with Gasteiger partial charge in [0.15, 0.2) is 0 Å². The van der Waals surface area contributed by atoms with E-state index in [2.05, 4.69) is 24.6 Å². The monoisotopic (exact) mass is 205 g/mol. The van der Waals surface area contributed by atoms with Gasteiger partial charge in [-0.15, -0.1) is 0 Å². The summed E-state index contributed by atoms with van der Waals surface area (Å²) < 4.78 is 5.03. The third-order valence-corrected chi connectivity index (χ3v) is 2.68. The van der Waals surface area contributed by atoms with Gasteiger partial charge in [0.2, 0.25) is 0 Å². The van der Waals surface area contributed by atoms with E-state index in [1.165, 1.54) is 6.42 Å². The molecule has 0 aromatic rings. The van der Waals surface area contributed by atoms with Gasteiger partial charge in [0, 0.05) is 6.54 Å². The summed E-state index contributed by atoms with van der Waals surface area (Å²) in [6, 6.07) is 0.